The van der Waals surface area contributed by atoms with E-state index < -0.39 is 16.1 Å². The molecular formula is C27H26N2O5S. The molecule has 4 aromatic rings. The van der Waals surface area contributed by atoms with Gasteiger partial charge in [0.05, 0.1) is 13.2 Å². The van der Waals surface area contributed by atoms with Crippen LogP contribution >= 0.6 is 0 Å². The highest BCUT2D eigenvalue weighted by Gasteiger charge is 2.29. The van der Waals surface area contributed by atoms with Gasteiger partial charge in [0.2, 0.25) is 10.0 Å². The Morgan fingerprint density at radius 1 is 1.11 bits per heavy atom. The van der Waals surface area contributed by atoms with Crippen molar-refractivity contribution in [3.8, 4) is 16.9 Å². The third kappa shape index (κ3) is 4.60. The van der Waals surface area contributed by atoms with Gasteiger partial charge < -0.3 is 14.8 Å². The Hall–Kier alpha value is -3.46. The Kier molecular flexibility index (Phi) is 6.19. The topological polar surface area (TPSA) is 108 Å². The molecule has 5 rings (SSSR count). The molecule has 0 unspecified atom stereocenters. The van der Waals surface area contributed by atoms with E-state index in [0.717, 1.165) is 27.6 Å². The SMILES string of the molecule is CC(=O)c1cccc(-c2cc3c(c(S(=O)(=O)N[C@@H](CO)Cc4c[nH]c5ccccc45)c2)OCC3)c1. The van der Waals surface area contributed by atoms with E-state index in [0.29, 0.717) is 36.3 Å². The van der Waals surface area contributed by atoms with Gasteiger partial charge in [0.25, 0.3) is 0 Å². The van der Waals surface area contributed by atoms with Crippen LogP contribution in [0, 0.1) is 0 Å². The zero-order valence-electron chi connectivity index (χ0n) is 19.2. The van der Waals surface area contributed by atoms with Crippen LogP contribution in [0.25, 0.3) is 22.0 Å². The van der Waals surface area contributed by atoms with Crippen molar-refractivity contribution >= 4 is 26.7 Å². The predicted octanol–water partition coefficient (Wildman–Crippen LogP) is 3.85. The van der Waals surface area contributed by atoms with Gasteiger partial charge in [-0.1, -0.05) is 36.4 Å². The number of hydrogen-bond donors (Lipinski definition) is 3. The molecule has 0 fully saturated rings. The van der Waals surface area contributed by atoms with Crippen LogP contribution in [0.15, 0.2) is 71.8 Å². The average Bonchev–Trinajstić information content (AvgIpc) is 3.50. The minimum absolute atomic E-state index is 0.0353. The number of benzene rings is 3. The van der Waals surface area contributed by atoms with E-state index in [1.165, 1.54) is 6.92 Å². The van der Waals surface area contributed by atoms with Gasteiger partial charge >= 0.3 is 0 Å². The molecule has 0 saturated heterocycles. The Bertz CT molecular complexity index is 1520. The summed E-state index contributed by atoms with van der Waals surface area (Å²) in [4.78, 5) is 15.1. The normalized spacial score (nSPS) is 14.0. The molecule has 1 aliphatic rings. The van der Waals surface area contributed by atoms with Crippen molar-refractivity contribution in [3.05, 3.63) is 83.6 Å². The molecule has 7 nitrogen and oxygen atoms in total. The Morgan fingerprint density at radius 2 is 1.94 bits per heavy atom. The zero-order valence-corrected chi connectivity index (χ0v) is 20.1. The molecule has 3 N–H and O–H groups in total. The van der Waals surface area contributed by atoms with Gasteiger partial charge in [-0.3, -0.25) is 4.79 Å². The van der Waals surface area contributed by atoms with Crippen molar-refractivity contribution in [3.63, 3.8) is 0 Å². The van der Waals surface area contributed by atoms with E-state index in [1.807, 2.05) is 42.6 Å². The van der Waals surface area contributed by atoms with Crippen LogP contribution in [0.2, 0.25) is 0 Å². The Morgan fingerprint density at radius 3 is 2.74 bits per heavy atom. The van der Waals surface area contributed by atoms with Crippen molar-refractivity contribution in [1.29, 1.82) is 0 Å². The first-order chi connectivity index (χ1) is 16.9. The van der Waals surface area contributed by atoms with Gasteiger partial charge in [-0.05, 0) is 59.9 Å². The minimum Gasteiger partial charge on any atom is -0.492 e. The molecular weight excluding hydrogens is 464 g/mol. The average molecular weight is 491 g/mol. The van der Waals surface area contributed by atoms with Gasteiger partial charge in [0.1, 0.15) is 10.6 Å². The summed E-state index contributed by atoms with van der Waals surface area (Å²) in [5.74, 6) is 0.279. The van der Waals surface area contributed by atoms with Gasteiger partial charge in [0.15, 0.2) is 5.78 Å². The maximum absolute atomic E-state index is 13.5. The fraction of sp³-hybridized carbons (Fsp3) is 0.222. The van der Waals surface area contributed by atoms with Crippen LogP contribution < -0.4 is 9.46 Å². The van der Waals surface area contributed by atoms with E-state index in [1.54, 1.807) is 24.3 Å². The fourth-order valence-corrected chi connectivity index (χ4v) is 5.99. The van der Waals surface area contributed by atoms with Crippen molar-refractivity contribution in [2.24, 2.45) is 0 Å². The minimum atomic E-state index is -4.02. The lowest BCUT2D eigenvalue weighted by Crippen LogP contribution is -2.39. The standard InChI is InChI=1S/C27H26N2O5S/c1-17(31)18-5-4-6-19(11-18)21-12-20-9-10-34-27(20)26(14-21)35(32,33)29-23(16-30)13-22-15-28-25-8-3-2-7-24(22)25/h2-8,11-12,14-15,23,28-30H,9-10,13,16H2,1H3/t23-/m1/s1. The highest BCUT2D eigenvalue weighted by atomic mass is 32.2. The van der Waals surface area contributed by atoms with Crippen molar-refractivity contribution < 1.29 is 23.1 Å². The number of aliphatic hydroxyl groups excluding tert-OH is 1. The van der Waals surface area contributed by atoms with Crippen LogP contribution in [0.3, 0.4) is 0 Å². The van der Waals surface area contributed by atoms with Crippen LogP contribution in [-0.2, 0) is 22.9 Å². The summed E-state index contributed by atoms with van der Waals surface area (Å²) >= 11 is 0. The largest absolute Gasteiger partial charge is 0.492 e. The molecule has 1 atom stereocenters. The lowest BCUT2D eigenvalue weighted by molar-refractivity contribution is 0.101. The quantitative estimate of drug-likeness (QED) is 0.325. The fourth-order valence-electron chi connectivity index (χ4n) is 4.55. The van der Waals surface area contributed by atoms with Crippen LogP contribution in [0.4, 0.5) is 0 Å². The number of carbonyl (C=O) groups is 1. The molecule has 1 aliphatic heterocycles. The van der Waals surface area contributed by atoms with Crippen LogP contribution in [-0.4, -0.2) is 43.5 Å². The highest BCUT2D eigenvalue weighted by molar-refractivity contribution is 7.89. The van der Waals surface area contributed by atoms with Crippen molar-refractivity contribution in [2.45, 2.75) is 30.7 Å². The Balaban J connectivity index is 1.49. The van der Waals surface area contributed by atoms with Crippen LogP contribution in [0.1, 0.15) is 28.4 Å². The summed E-state index contributed by atoms with van der Waals surface area (Å²) in [7, 11) is -4.02. The van der Waals surface area contributed by atoms with Gasteiger partial charge in [-0.15, -0.1) is 0 Å². The number of aromatic amines is 1. The lowest BCUT2D eigenvalue weighted by Gasteiger charge is -2.18. The number of H-pyrrole nitrogens is 1. The summed E-state index contributed by atoms with van der Waals surface area (Å²) in [6.45, 7) is 1.54. The maximum atomic E-state index is 13.5. The van der Waals surface area contributed by atoms with Crippen LogP contribution in [0.5, 0.6) is 5.75 Å². The number of hydrogen-bond acceptors (Lipinski definition) is 5. The molecule has 1 aromatic heterocycles. The molecule has 2 heterocycles. The second kappa shape index (κ2) is 9.30. The number of carbonyl (C=O) groups excluding carboxylic acids is 1. The highest BCUT2D eigenvalue weighted by Crippen LogP contribution is 2.37. The number of aromatic nitrogens is 1. The third-order valence-electron chi connectivity index (χ3n) is 6.32. The van der Waals surface area contributed by atoms with E-state index in [4.69, 9.17) is 4.74 Å². The number of ether oxygens (including phenoxy) is 1. The molecule has 0 spiro atoms. The number of fused-ring (bicyclic) bond motifs is 2. The second-order valence-corrected chi connectivity index (χ2v) is 10.4. The number of ketones is 1. The molecule has 0 saturated carbocycles. The number of Topliss-reactive ketones (excluding diaryl/α,β-unsaturated/α-hetero) is 1. The summed E-state index contributed by atoms with van der Waals surface area (Å²) < 4.78 is 35.5. The smallest absolute Gasteiger partial charge is 0.244 e. The summed E-state index contributed by atoms with van der Waals surface area (Å²) in [6.07, 6.45) is 2.76. The summed E-state index contributed by atoms with van der Waals surface area (Å²) in [5.41, 5.74) is 4.66. The molecule has 8 heteroatoms. The number of rotatable bonds is 8. The third-order valence-corrected chi connectivity index (χ3v) is 7.85. The predicted molar refractivity (Wildman–Crippen MR) is 134 cm³/mol. The van der Waals surface area contributed by atoms with Crippen molar-refractivity contribution in [1.82, 2.24) is 9.71 Å². The molecule has 3 aromatic carbocycles. The van der Waals surface area contributed by atoms with E-state index in [2.05, 4.69) is 9.71 Å². The molecule has 0 radical (unpaired) electrons. The van der Waals surface area contributed by atoms with E-state index in [-0.39, 0.29) is 17.3 Å². The molecule has 0 amide bonds. The Labute approximate surface area is 203 Å². The number of aliphatic hydroxyl groups is 1. The first-order valence-electron chi connectivity index (χ1n) is 11.4. The number of nitrogens with one attached hydrogen (secondary N) is 2. The zero-order chi connectivity index (χ0) is 24.6. The monoisotopic (exact) mass is 490 g/mol. The van der Waals surface area contributed by atoms with Gasteiger partial charge in [-0.25, -0.2) is 13.1 Å². The van der Waals surface area contributed by atoms with Gasteiger partial charge in [0, 0.05) is 35.1 Å². The number of para-hydroxylation sites is 1. The first kappa shape index (κ1) is 23.3. The van der Waals surface area contributed by atoms with Crippen molar-refractivity contribution in [2.75, 3.05) is 13.2 Å². The van der Waals surface area contributed by atoms with E-state index >= 15 is 0 Å². The molecule has 0 aliphatic carbocycles. The summed E-state index contributed by atoms with van der Waals surface area (Å²) in [5, 5.41) is 11.0. The summed E-state index contributed by atoms with van der Waals surface area (Å²) in [6, 6.07) is 17.7. The first-order valence-corrected chi connectivity index (χ1v) is 12.9. The molecule has 180 valence electrons. The maximum Gasteiger partial charge on any atom is 0.244 e. The van der Waals surface area contributed by atoms with Gasteiger partial charge in [-0.2, -0.15) is 0 Å². The number of sulfonamides is 1. The molecule has 0 bridgehead atoms. The van der Waals surface area contributed by atoms with E-state index in [9.17, 15) is 18.3 Å². The molecule has 35 heavy (non-hydrogen) atoms. The second-order valence-electron chi connectivity index (χ2n) is 8.76. The lowest BCUT2D eigenvalue weighted by atomic mass is 9.99.